The fourth-order valence-electron chi connectivity index (χ4n) is 2.30. The minimum Gasteiger partial charge on any atom is -0.480 e. The van der Waals surface area contributed by atoms with Crippen LogP contribution in [0.25, 0.3) is 10.8 Å². The van der Waals surface area contributed by atoms with Gasteiger partial charge in [0.05, 0.1) is 0 Å². The molecule has 132 valence electrons. The smallest absolute Gasteiger partial charge is 0.320 e. The van der Waals surface area contributed by atoms with Crippen LogP contribution in [0.5, 0.6) is 0 Å². The number of fused-ring (bicyclic) bond motifs is 1. The van der Waals surface area contributed by atoms with Crippen molar-refractivity contribution in [2.75, 3.05) is 19.0 Å². The Morgan fingerprint density at radius 2 is 1.71 bits per heavy atom. The van der Waals surface area contributed by atoms with Crippen LogP contribution < -0.4 is 10.6 Å². The van der Waals surface area contributed by atoms with Crippen molar-refractivity contribution in [1.29, 1.82) is 0 Å². The van der Waals surface area contributed by atoms with Crippen molar-refractivity contribution in [3.05, 3.63) is 42.0 Å². The maximum Gasteiger partial charge on any atom is 0.320 e. The van der Waals surface area contributed by atoms with Crippen LogP contribution in [0.2, 0.25) is 0 Å². The lowest BCUT2D eigenvalue weighted by Crippen LogP contribution is -2.25. The number of carboxylic acid groups (broad SMARTS) is 1. The first kappa shape index (κ1) is 20.0. The number of aryl methyl sites for hydroxylation is 1. The third kappa shape index (κ3) is 6.59. The Labute approximate surface area is 145 Å². The van der Waals surface area contributed by atoms with Crippen LogP contribution in [0.4, 0.5) is 5.69 Å². The van der Waals surface area contributed by atoms with Crippen LogP contribution in [0.1, 0.15) is 38.7 Å². The summed E-state index contributed by atoms with van der Waals surface area (Å²) in [5.74, 6) is -0.963. The van der Waals surface area contributed by atoms with Crippen molar-refractivity contribution in [3.63, 3.8) is 0 Å². The molecule has 2 aromatic rings. The van der Waals surface area contributed by atoms with Crippen LogP contribution >= 0.6 is 0 Å². The molecule has 4 nitrogen and oxygen atoms in total. The standard InChI is InChI=1S/C17H23N.C3H7NO2/c1-4-5-6-7-14-8-9-16-13-17(18(2)3)11-10-15(16)12-14;1-2(4)3(5)6/h8-13H,4-7H2,1-3H3;2H,4H2,1H3,(H,5,6). The maximum atomic E-state index is 9.57. The minimum absolute atomic E-state index is 0.731. The number of carbonyl (C=O) groups is 1. The fourth-order valence-corrected chi connectivity index (χ4v) is 2.30. The highest BCUT2D eigenvalue weighted by Crippen LogP contribution is 2.22. The van der Waals surface area contributed by atoms with Gasteiger partial charge in [-0.2, -0.15) is 0 Å². The summed E-state index contributed by atoms with van der Waals surface area (Å²) in [6, 6.07) is 12.8. The summed E-state index contributed by atoms with van der Waals surface area (Å²) in [5, 5.41) is 10.6. The molecule has 24 heavy (non-hydrogen) atoms. The highest BCUT2D eigenvalue weighted by Gasteiger charge is 2.00. The third-order valence-corrected chi connectivity index (χ3v) is 3.86. The van der Waals surface area contributed by atoms with E-state index >= 15 is 0 Å². The molecule has 0 aliphatic rings. The number of nitrogens with two attached hydrogens (primary N) is 1. The second-order valence-corrected chi connectivity index (χ2v) is 6.34. The van der Waals surface area contributed by atoms with E-state index in [1.54, 1.807) is 0 Å². The van der Waals surface area contributed by atoms with Gasteiger partial charge in [0.25, 0.3) is 0 Å². The molecule has 0 saturated carbocycles. The van der Waals surface area contributed by atoms with E-state index in [4.69, 9.17) is 10.8 Å². The van der Waals surface area contributed by atoms with Gasteiger partial charge in [-0.1, -0.05) is 44.0 Å². The van der Waals surface area contributed by atoms with Gasteiger partial charge in [0, 0.05) is 19.8 Å². The van der Waals surface area contributed by atoms with Crippen molar-refractivity contribution in [2.45, 2.75) is 45.6 Å². The molecule has 0 radical (unpaired) electrons. The summed E-state index contributed by atoms with van der Waals surface area (Å²) < 4.78 is 0. The number of rotatable bonds is 6. The van der Waals surface area contributed by atoms with E-state index in [1.807, 2.05) is 0 Å². The Kier molecular flexibility index (Phi) is 8.27. The first-order valence-corrected chi connectivity index (χ1v) is 8.53. The lowest BCUT2D eigenvalue weighted by atomic mass is 10.0. The predicted octanol–water partition coefficient (Wildman–Crippen LogP) is 4.06. The van der Waals surface area contributed by atoms with Gasteiger partial charge in [0.2, 0.25) is 0 Å². The number of hydrogen-bond donors (Lipinski definition) is 2. The summed E-state index contributed by atoms with van der Waals surface area (Å²) in [7, 11) is 4.17. The highest BCUT2D eigenvalue weighted by atomic mass is 16.4. The molecule has 0 aromatic heterocycles. The number of anilines is 1. The van der Waals surface area contributed by atoms with Crippen LogP contribution in [0.15, 0.2) is 36.4 Å². The van der Waals surface area contributed by atoms with Crippen molar-refractivity contribution >= 4 is 22.4 Å². The van der Waals surface area contributed by atoms with Crippen LogP contribution in [0, 0.1) is 0 Å². The molecule has 0 spiro atoms. The zero-order chi connectivity index (χ0) is 18.1. The molecule has 0 bridgehead atoms. The summed E-state index contributed by atoms with van der Waals surface area (Å²) in [5.41, 5.74) is 7.57. The second-order valence-electron chi connectivity index (χ2n) is 6.34. The summed E-state index contributed by atoms with van der Waals surface area (Å²) in [4.78, 5) is 11.7. The van der Waals surface area contributed by atoms with Gasteiger partial charge in [0.1, 0.15) is 6.04 Å². The molecule has 2 rings (SSSR count). The highest BCUT2D eigenvalue weighted by molar-refractivity contribution is 5.86. The lowest BCUT2D eigenvalue weighted by Gasteiger charge is -2.13. The number of unbranched alkanes of at least 4 members (excludes halogenated alkanes) is 2. The number of hydrogen-bond acceptors (Lipinski definition) is 3. The third-order valence-electron chi connectivity index (χ3n) is 3.86. The SMILES string of the molecule is CC(N)C(=O)O.CCCCCc1ccc2cc(N(C)C)ccc2c1. The van der Waals surface area contributed by atoms with E-state index in [0.29, 0.717) is 0 Å². The van der Waals surface area contributed by atoms with E-state index in [1.165, 1.54) is 54.6 Å². The molecule has 0 aliphatic heterocycles. The lowest BCUT2D eigenvalue weighted by molar-refractivity contribution is -0.138. The van der Waals surface area contributed by atoms with Gasteiger partial charge in [-0.3, -0.25) is 4.79 Å². The fraction of sp³-hybridized carbons (Fsp3) is 0.450. The molecule has 0 amide bonds. The van der Waals surface area contributed by atoms with E-state index in [2.05, 4.69) is 62.3 Å². The van der Waals surface area contributed by atoms with Crippen LogP contribution in [-0.4, -0.2) is 31.2 Å². The quantitative estimate of drug-likeness (QED) is 0.784. The van der Waals surface area contributed by atoms with Gasteiger partial charge in [-0.15, -0.1) is 0 Å². The summed E-state index contributed by atoms with van der Waals surface area (Å²) >= 11 is 0. The minimum atomic E-state index is -0.963. The first-order valence-electron chi connectivity index (χ1n) is 8.53. The Morgan fingerprint density at radius 3 is 2.25 bits per heavy atom. The number of nitrogens with zero attached hydrogens (tertiary/aromatic N) is 1. The van der Waals surface area contributed by atoms with E-state index < -0.39 is 12.0 Å². The Bertz CT molecular complexity index is 651. The molecule has 4 heteroatoms. The van der Waals surface area contributed by atoms with Crippen LogP contribution in [-0.2, 0) is 11.2 Å². The monoisotopic (exact) mass is 330 g/mol. The molecule has 0 fully saturated rings. The Hall–Kier alpha value is -2.07. The maximum absolute atomic E-state index is 9.57. The van der Waals surface area contributed by atoms with Crippen molar-refractivity contribution in [2.24, 2.45) is 5.73 Å². The van der Waals surface area contributed by atoms with Gasteiger partial charge in [0.15, 0.2) is 0 Å². The summed E-state index contributed by atoms with van der Waals surface area (Å²) in [6.07, 6.45) is 5.13. The Balaban J connectivity index is 0.000000413. The van der Waals surface area contributed by atoms with E-state index in [0.717, 1.165) is 0 Å². The summed E-state index contributed by atoms with van der Waals surface area (Å²) in [6.45, 7) is 3.67. The molecule has 0 heterocycles. The van der Waals surface area contributed by atoms with Gasteiger partial charge >= 0.3 is 5.97 Å². The first-order chi connectivity index (χ1) is 11.3. The Morgan fingerprint density at radius 1 is 1.12 bits per heavy atom. The molecule has 0 aliphatic carbocycles. The van der Waals surface area contributed by atoms with Gasteiger partial charge in [-0.25, -0.2) is 0 Å². The molecule has 2 aromatic carbocycles. The average molecular weight is 330 g/mol. The second kappa shape index (κ2) is 9.93. The number of carboxylic acids is 1. The van der Waals surface area contributed by atoms with Gasteiger partial charge < -0.3 is 15.7 Å². The van der Waals surface area contributed by atoms with Crippen molar-refractivity contribution in [1.82, 2.24) is 0 Å². The average Bonchev–Trinajstić information content (AvgIpc) is 2.55. The normalized spacial score (nSPS) is 11.5. The van der Waals surface area contributed by atoms with E-state index in [9.17, 15) is 4.79 Å². The van der Waals surface area contributed by atoms with E-state index in [-0.39, 0.29) is 0 Å². The molecule has 0 saturated heterocycles. The predicted molar refractivity (Wildman–Crippen MR) is 103 cm³/mol. The molecular formula is C20H30N2O2. The number of aliphatic carboxylic acids is 1. The topological polar surface area (TPSA) is 66.6 Å². The molecule has 3 N–H and O–H groups in total. The van der Waals surface area contributed by atoms with Crippen LogP contribution in [0.3, 0.4) is 0 Å². The zero-order valence-corrected chi connectivity index (χ0v) is 15.2. The van der Waals surface area contributed by atoms with Crippen molar-refractivity contribution < 1.29 is 9.90 Å². The molecule has 1 unspecified atom stereocenters. The molecule has 1 atom stereocenters. The van der Waals surface area contributed by atoms with Crippen molar-refractivity contribution in [3.8, 4) is 0 Å². The number of benzene rings is 2. The largest absolute Gasteiger partial charge is 0.480 e. The molecular weight excluding hydrogens is 300 g/mol. The van der Waals surface area contributed by atoms with Gasteiger partial charge in [-0.05, 0) is 48.2 Å². The zero-order valence-electron chi connectivity index (χ0n) is 15.2.